The number of carbonyl (C=O) groups excluding carboxylic acids is 2. The molecule has 176 valence electrons. The van der Waals surface area contributed by atoms with E-state index in [1.54, 1.807) is 4.90 Å². The smallest absolute Gasteiger partial charge is 0.410 e. The molecule has 6 heteroatoms. The predicted molar refractivity (Wildman–Crippen MR) is 127 cm³/mol. The monoisotopic (exact) mass is 450 g/mol. The fourth-order valence-electron chi connectivity index (χ4n) is 4.69. The standard InChI is InChI=1S/C27H34N2O4/c1-27(2,3)33-26(31)29-17-14-24-22(18-29)10-7-11-23(24)21-12-15-28(16-13-21)25(30)32-19-20-8-5-4-6-9-20/h4-11,21H,12-19H2,1-3H3. The van der Waals surface area contributed by atoms with Crippen molar-refractivity contribution < 1.29 is 19.1 Å². The summed E-state index contributed by atoms with van der Waals surface area (Å²) in [7, 11) is 0. The van der Waals surface area contributed by atoms with Crippen molar-refractivity contribution in [2.45, 2.75) is 64.7 Å². The van der Waals surface area contributed by atoms with E-state index in [1.165, 1.54) is 16.7 Å². The van der Waals surface area contributed by atoms with Crippen molar-refractivity contribution in [3.8, 4) is 0 Å². The first-order chi connectivity index (χ1) is 15.8. The Labute approximate surface area is 196 Å². The van der Waals surface area contributed by atoms with Gasteiger partial charge in [-0.15, -0.1) is 0 Å². The Balaban J connectivity index is 1.34. The molecule has 2 aliphatic heterocycles. The molecule has 6 nitrogen and oxygen atoms in total. The van der Waals surface area contributed by atoms with Gasteiger partial charge in [0.05, 0.1) is 0 Å². The van der Waals surface area contributed by atoms with Gasteiger partial charge in [-0.25, -0.2) is 9.59 Å². The van der Waals surface area contributed by atoms with Gasteiger partial charge in [0, 0.05) is 26.2 Å². The van der Waals surface area contributed by atoms with Gasteiger partial charge in [-0.1, -0.05) is 48.5 Å². The number of hydrogen-bond donors (Lipinski definition) is 0. The summed E-state index contributed by atoms with van der Waals surface area (Å²) < 4.78 is 11.1. The second-order valence-electron chi connectivity index (χ2n) is 9.94. The third-order valence-electron chi connectivity index (χ3n) is 6.35. The lowest BCUT2D eigenvalue weighted by Gasteiger charge is -2.35. The van der Waals surface area contributed by atoms with E-state index in [-0.39, 0.29) is 12.2 Å². The van der Waals surface area contributed by atoms with E-state index < -0.39 is 5.60 Å². The van der Waals surface area contributed by atoms with Gasteiger partial charge >= 0.3 is 12.2 Å². The number of amides is 2. The van der Waals surface area contributed by atoms with Crippen LogP contribution in [0, 0.1) is 0 Å². The predicted octanol–water partition coefficient (Wildman–Crippen LogP) is 5.50. The molecule has 2 aliphatic rings. The summed E-state index contributed by atoms with van der Waals surface area (Å²) >= 11 is 0. The third-order valence-corrected chi connectivity index (χ3v) is 6.35. The molecule has 2 heterocycles. The average molecular weight is 451 g/mol. The fourth-order valence-corrected chi connectivity index (χ4v) is 4.69. The van der Waals surface area contributed by atoms with Crippen LogP contribution in [0.2, 0.25) is 0 Å². The minimum absolute atomic E-state index is 0.236. The third kappa shape index (κ3) is 5.86. The van der Waals surface area contributed by atoms with Crippen molar-refractivity contribution >= 4 is 12.2 Å². The van der Waals surface area contributed by atoms with Crippen LogP contribution in [0.15, 0.2) is 48.5 Å². The summed E-state index contributed by atoms with van der Waals surface area (Å²) in [5.41, 5.74) is 4.44. The highest BCUT2D eigenvalue weighted by Gasteiger charge is 2.30. The van der Waals surface area contributed by atoms with Gasteiger partial charge in [-0.3, -0.25) is 0 Å². The van der Waals surface area contributed by atoms with Gasteiger partial charge in [0.1, 0.15) is 12.2 Å². The molecular weight excluding hydrogens is 416 g/mol. The van der Waals surface area contributed by atoms with Crippen LogP contribution in [0.25, 0.3) is 0 Å². The Morgan fingerprint density at radius 2 is 1.64 bits per heavy atom. The quantitative estimate of drug-likeness (QED) is 0.620. The molecule has 1 saturated heterocycles. The zero-order chi connectivity index (χ0) is 23.4. The molecule has 2 aromatic carbocycles. The van der Waals surface area contributed by atoms with Crippen LogP contribution in [-0.2, 0) is 29.0 Å². The molecule has 0 spiro atoms. The maximum Gasteiger partial charge on any atom is 0.410 e. The molecule has 2 amide bonds. The molecule has 0 N–H and O–H groups in total. The number of nitrogens with zero attached hydrogens (tertiary/aromatic N) is 2. The highest BCUT2D eigenvalue weighted by atomic mass is 16.6. The molecule has 0 aliphatic carbocycles. The molecule has 0 aromatic heterocycles. The van der Waals surface area contributed by atoms with Crippen LogP contribution in [0.4, 0.5) is 9.59 Å². The Bertz CT molecular complexity index is 975. The average Bonchev–Trinajstić information content (AvgIpc) is 2.81. The van der Waals surface area contributed by atoms with E-state index >= 15 is 0 Å². The van der Waals surface area contributed by atoms with Gasteiger partial charge in [-0.2, -0.15) is 0 Å². The van der Waals surface area contributed by atoms with Gasteiger partial charge in [-0.05, 0) is 68.2 Å². The molecule has 4 rings (SSSR count). The molecule has 2 aromatic rings. The summed E-state index contributed by atoms with van der Waals surface area (Å²) in [6, 6.07) is 16.2. The highest BCUT2D eigenvalue weighted by molar-refractivity contribution is 5.69. The second kappa shape index (κ2) is 9.86. The molecule has 1 fully saturated rings. The molecule has 0 bridgehead atoms. The van der Waals surface area contributed by atoms with Crippen molar-refractivity contribution in [3.63, 3.8) is 0 Å². The number of benzene rings is 2. The lowest BCUT2D eigenvalue weighted by atomic mass is 9.83. The lowest BCUT2D eigenvalue weighted by molar-refractivity contribution is 0.0223. The van der Waals surface area contributed by atoms with E-state index in [4.69, 9.17) is 9.47 Å². The fraction of sp³-hybridized carbons (Fsp3) is 0.481. The lowest BCUT2D eigenvalue weighted by Crippen LogP contribution is -2.41. The Kier molecular flexibility index (Phi) is 6.91. The van der Waals surface area contributed by atoms with Crippen LogP contribution in [0.3, 0.4) is 0 Å². The summed E-state index contributed by atoms with van der Waals surface area (Å²) in [6.45, 7) is 8.64. The molecule has 0 atom stereocenters. The van der Waals surface area contributed by atoms with Crippen molar-refractivity contribution in [3.05, 3.63) is 70.8 Å². The summed E-state index contributed by atoms with van der Waals surface area (Å²) in [4.78, 5) is 28.6. The zero-order valence-corrected chi connectivity index (χ0v) is 19.9. The van der Waals surface area contributed by atoms with Gasteiger partial charge in [0.15, 0.2) is 0 Å². The number of hydrogen-bond acceptors (Lipinski definition) is 4. The number of ether oxygens (including phenoxy) is 2. The van der Waals surface area contributed by atoms with Gasteiger partial charge < -0.3 is 19.3 Å². The van der Waals surface area contributed by atoms with Gasteiger partial charge in [0.2, 0.25) is 0 Å². The van der Waals surface area contributed by atoms with E-state index in [2.05, 4.69) is 18.2 Å². The van der Waals surface area contributed by atoms with Crippen LogP contribution in [0.5, 0.6) is 0 Å². The molecule has 0 radical (unpaired) electrons. The van der Waals surface area contributed by atoms with E-state index in [1.807, 2.05) is 56.0 Å². The first kappa shape index (κ1) is 23.1. The highest BCUT2D eigenvalue weighted by Crippen LogP contribution is 2.34. The molecular formula is C27H34N2O4. The normalized spacial score (nSPS) is 16.8. The molecule has 33 heavy (non-hydrogen) atoms. The first-order valence-electron chi connectivity index (χ1n) is 11.8. The van der Waals surface area contributed by atoms with Crippen molar-refractivity contribution in [1.29, 1.82) is 0 Å². The summed E-state index contributed by atoms with van der Waals surface area (Å²) in [5, 5.41) is 0. The minimum atomic E-state index is -0.491. The Morgan fingerprint density at radius 3 is 2.33 bits per heavy atom. The summed E-state index contributed by atoms with van der Waals surface area (Å²) in [5.74, 6) is 0.422. The first-order valence-corrected chi connectivity index (χ1v) is 11.8. The van der Waals surface area contributed by atoms with Crippen LogP contribution in [0.1, 0.15) is 61.8 Å². The topological polar surface area (TPSA) is 59.1 Å². The number of rotatable bonds is 3. The van der Waals surface area contributed by atoms with Crippen molar-refractivity contribution in [2.24, 2.45) is 0 Å². The number of fused-ring (bicyclic) bond motifs is 1. The minimum Gasteiger partial charge on any atom is -0.445 e. The number of piperidine rings is 1. The number of likely N-dealkylation sites (tertiary alicyclic amines) is 1. The number of carbonyl (C=O) groups is 2. The van der Waals surface area contributed by atoms with Crippen LogP contribution < -0.4 is 0 Å². The van der Waals surface area contributed by atoms with E-state index in [9.17, 15) is 9.59 Å². The maximum absolute atomic E-state index is 12.5. The van der Waals surface area contributed by atoms with Crippen LogP contribution >= 0.6 is 0 Å². The van der Waals surface area contributed by atoms with E-state index in [0.717, 1.165) is 24.8 Å². The van der Waals surface area contributed by atoms with Crippen molar-refractivity contribution in [1.82, 2.24) is 9.80 Å². The SMILES string of the molecule is CC(C)(C)OC(=O)N1CCc2c(cccc2C2CCN(C(=O)OCc3ccccc3)CC2)C1. The van der Waals surface area contributed by atoms with Crippen molar-refractivity contribution in [2.75, 3.05) is 19.6 Å². The van der Waals surface area contributed by atoms with Gasteiger partial charge in [0.25, 0.3) is 0 Å². The summed E-state index contributed by atoms with van der Waals surface area (Å²) in [6.07, 6.45) is 2.20. The largest absolute Gasteiger partial charge is 0.445 e. The molecule has 0 unspecified atom stereocenters. The molecule has 0 saturated carbocycles. The Morgan fingerprint density at radius 1 is 0.909 bits per heavy atom. The van der Waals surface area contributed by atoms with Crippen LogP contribution in [-0.4, -0.2) is 47.2 Å². The Hall–Kier alpha value is -3.02. The zero-order valence-electron chi connectivity index (χ0n) is 19.9. The van der Waals surface area contributed by atoms with E-state index in [0.29, 0.717) is 38.7 Å². The maximum atomic E-state index is 12.5. The second-order valence-corrected chi connectivity index (χ2v) is 9.94.